The number of carbonyl (C=O) groups is 1. The normalized spacial score (nSPS) is 10.6. The van der Waals surface area contributed by atoms with Crippen LogP contribution in [0.25, 0.3) is 0 Å². The van der Waals surface area contributed by atoms with Crippen molar-refractivity contribution in [3.8, 4) is 0 Å². The highest BCUT2D eigenvalue weighted by Gasteiger charge is 2.20. The second-order valence-electron chi connectivity index (χ2n) is 3.31. The molecule has 1 aromatic rings. The molecule has 0 aliphatic carbocycles. The van der Waals surface area contributed by atoms with E-state index in [1.165, 1.54) is 0 Å². The molecule has 4 nitrogen and oxygen atoms in total. The topological polar surface area (TPSA) is 46.1 Å². The number of aryl methyl sites for hydroxylation is 2. The molecule has 0 amide bonds. The Hall–Kier alpha value is -1.54. The van der Waals surface area contributed by atoms with Gasteiger partial charge in [-0.05, 0) is 6.42 Å². The molecule has 0 fully saturated rings. The van der Waals surface area contributed by atoms with E-state index in [1.807, 2.05) is 34.9 Å². The van der Waals surface area contributed by atoms with Gasteiger partial charge in [0.05, 0.1) is 13.6 Å². The average Bonchev–Trinajstić information content (AvgIpc) is 2.47. The summed E-state index contributed by atoms with van der Waals surface area (Å²) in [6, 6.07) is 0. The Labute approximate surface area is 95.6 Å². The third-order valence-electron chi connectivity index (χ3n) is 1.63. The maximum atomic E-state index is 10.2. The number of carboxylic acids is 1. The summed E-state index contributed by atoms with van der Waals surface area (Å²) in [6.07, 6.45) is 6.72. The van der Waals surface area contributed by atoms with Gasteiger partial charge in [-0.25, -0.2) is 9.13 Å². The zero-order chi connectivity index (χ0) is 13.5. The Morgan fingerprint density at radius 1 is 1.41 bits per heavy atom. The van der Waals surface area contributed by atoms with Gasteiger partial charge in [-0.1, -0.05) is 0 Å². The van der Waals surface area contributed by atoms with Crippen LogP contribution in [-0.4, -0.2) is 22.9 Å². The number of imidazole rings is 1. The highest BCUT2D eigenvalue weighted by atomic mass is 19.5. The third-order valence-corrected chi connectivity index (χ3v) is 1.63. The molecule has 1 rings (SSSR count). The van der Waals surface area contributed by atoms with Crippen molar-refractivity contribution in [1.29, 1.82) is 0 Å². The van der Waals surface area contributed by atoms with Gasteiger partial charge in [-0.15, -0.1) is 0 Å². The summed E-state index contributed by atoms with van der Waals surface area (Å²) in [4.78, 5) is 10.2. The van der Waals surface area contributed by atoms with Crippen molar-refractivity contribution < 1.29 is 31.7 Å². The molecule has 1 heterocycles. The lowest BCUT2D eigenvalue weighted by Crippen LogP contribution is -2.23. The van der Waals surface area contributed by atoms with Crippen LogP contribution in [0.2, 0.25) is 0 Å². The highest BCUT2D eigenvalue weighted by molar-refractivity contribution is 6.50. The standard InChI is InChI=1S/C8H12N2O2.BF4/c1-9-5-6-10(7-9)4-2-3-8(11)12;2-1(3,4)5/h5-7H,2-4H2,1H3;/q;-1/p+1. The fraction of sp³-hybridized carbons (Fsp3) is 0.500. The minimum atomic E-state index is -6.00. The van der Waals surface area contributed by atoms with Gasteiger partial charge in [0.25, 0.3) is 0 Å². The maximum Gasteiger partial charge on any atom is 0.673 e. The van der Waals surface area contributed by atoms with Gasteiger partial charge in [-0.3, -0.25) is 4.79 Å². The molecule has 0 atom stereocenters. The summed E-state index contributed by atoms with van der Waals surface area (Å²) in [5.74, 6) is -0.730. The smallest absolute Gasteiger partial charge is 0.481 e. The Balaban J connectivity index is 0.000000437. The van der Waals surface area contributed by atoms with Crippen molar-refractivity contribution in [3.05, 3.63) is 18.7 Å². The molecule has 0 radical (unpaired) electrons. The molecule has 98 valence electrons. The van der Waals surface area contributed by atoms with Crippen molar-refractivity contribution in [1.82, 2.24) is 4.57 Å². The van der Waals surface area contributed by atoms with E-state index in [0.29, 0.717) is 6.42 Å². The van der Waals surface area contributed by atoms with Crippen molar-refractivity contribution in [2.24, 2.45) is 7.05 Å². The molecule has 1 aromatic heterocycles. The van der Waals surface area contributed by atoms with Gasteiger partial charge < -0.3 is 22.4 Å². The number of hydrogen-bond acceptors (Lipinski definition) is 1. The fourth-order valence-electron chi connectivity index (χ4n) is 1.05. The summed E-state index contributed by atoms with van der Waals surface area (Å²) < 4.78 is 42.9. The van der Waals surface area contributed by atoms with Crippen LogP contribution < -0.4 is 4.57 Å². The summed E-state index contributed by atoms with van der Waals surface area (Å²) in [6.45, 7) is 0.771. The molecule has 9 heteroatoms. The number of rotatable bonds is 4. The average molecular weight is 256 g/mol. The molecule has 0 saturated carbocycles. The van der Waals surface area contributed by atoms with Crippen LogP contribution in [0.1, 0.15) is 12.8 Å². The van der Waals surface area contributed by atoms with E-state index in [2.05, 4.69) is 0 Å². The molecule has 17 heavy (non-hydrogen) atoms. The summed E-state index contributed by atoms with van der Waals surface area (Å²) in [5, 5.41) is 8.38. The third kappa shape index (κ3) is 12.4. The molecule has 0 spiro atoms. The minimum absolute atomic E-state index is 0.238. The largest absolute Gasteiger partial charge is 0.673 e. The first-order valence-corrected chi connectivity index (χ1v) is 4.78. The van der Waals surface area contributed by atoms with Crippen LogP contribution in [-0.2, 0) is 18.4 Å². The SMILES string of the molecule is C[n+]1ccn(CCCC(=O)O)c1.F[B-](F)(F)F. The van der Waals surface area contributed by atoms with Gasteiger partial charge >= 0.3 is 13.2 Å². The predicted octanol–water partition coefficient (Wildman–Crippen LogP) is 1.48. The molecule has 0 aliphatic rings. The van der Waals surface area contributed by atoms with Crippen LogP contribution in [0.5, 0.6) is 0 Å². The van der Waals surface area contributed by atoms with Crippen molar-refractivity contribution in [3.63, 3.8) is 0 Å². The number of nitrogens with zero attached hydrogens (tertiary/aromatic N) is 2. The molecule has 0 aromatic carbocycles. The minimum Gasteiger partial charge on any atom is -0.481 e. The number of aromatic nitrogens is 2. The summed E-state index contributed by atoms with van der Waals surface area (Å²) in [7, 11) is -4.06. The van der Waals surface area contributed by atoms with E-state index in [0.717, 1.165) is 6.54 Å². The van der Waals surface area contributed by atoms with Crippen LogP contribution >= 0.6 is 0 Å². The lowest BCUT2D eigenvalue weighted by Gasteiger charge is -1.94. The number of halogens is 4. The molecule has 0 unspecified atom stereocenters. The Morgan fingerprint density at radius 3 is 2.29 bits per heavy atom. The number of carboxylic acid groups (broad SMARTS) is 1. The maximum absolute atomic E-state index is 10.2. The van der Waals surface area contributed by atoms with E-state index in [-0.39, 0.29) is 6.42 Å². The molecule has 0 aliphatic heterocycles. The van der Waals surface area contributed by atoms with E-state index < -0.39 is 13.2 Å². The van der Waals surface area contributed by atoms with Crippen LogP contribution in [0.4, 0.5) is 17.3 Å². The molecule has 0 bridgehead atoms. The van der Waals surface area contributed by atoms with Gasteiger partial charge in [0.2, 0.25) is 6.33 Å². The first-order chi connectivity index (χ1) is 7.68. The lowest BCUT2D eigenvalue weighted by atomic mass is 10.3. The van der Waals surface area contributed by atoms with Crippen LogP contribution in [0, 0.1) is 0 Å². The number of aliphatic carboxylic acids is 1. The van der Waals surface area contributed by atoms with Crippen LogP contribution in [0.3, 0.4) is 0 Å². The molecule has 1 N–H and O–H groups in total. The quantitative estimate of drug-likeness (QED) is 0.503. The molecule has 0 saturated heterocycles. The molecular weight excluding hydrogens is 243 g/mol. The van der Waals surface area contributed by atoms with Gasteiger partial charge in [0.1, 0.15) is 12.4 Å². The summed E-state index contributed by atoms with van der Waals surface area (Å²) in [5.41, 5.74) is 0. The fourth-order valence-corrected chi connectivity index (χ4v) is 1.05. The van der Waals surface area contributed by atoms with Crippen molar-refractivity contribution >= 4 is 13.2 Å². The van der Waals surface area contributed by atoms with E-state index in [4.69, 9.17) is 5.11 Å². The summed E-state index contributed by atoms with van der Waals surface area (Å²) >= 11 is 0. The van der Waals surface area contributed by atoms with Gasteiger partial charge in [0.15, 0.2) is 0 Å². The van der Waals surface area contributed by atoms with Gasteiger partial charge in [0, 0.05) is 6.42 Å². The second kappa shape index (κ2) is 6.92. The first-order valence-electron chi connectivity index (χ1n) is 4.78. The zero-order valence-electron chi connectivity index (χ0n) is 9.19. The van der Waals surface area contributed by atoms with E-state index in [1.54, 1.807) is 0 Å². The number of hydrogen-bond donors (Lipinski definition) is 1. The van der Waals surface area contributed by atoms with Crippen LogP contribution in [0.15, 0.2) is 18.7 Å². The molecular formula is C8H13BF4N2O2. The van der Waals surface area contributed by atoms with Crippen molar-refractivity contribution in [2.45, 2.75) is 19.4 Å². The second-order valence-corrected chi connectivity index (χ2v) is 3.31. The predicted molar refractivity (Wildman–Crippen MR) is 52.7 cm³/mol. The van der Waals surface area contributed by atoms with Crippen molar-refractivity contribution in [2.75, 3.05) is 0 Å². The Kier molecular flexibility index (Phi) is 6.30. The Bertz CT molecular complexity index is 348. The highest BCUT2D eigenvalue weighted by Crippen LogP contribution is 2.06. The zero-order valence-corrected chi connectivity index (χ0v) is 9.19. The van der Waals surface area contributed by atoms with Gasteiger partial charge in [-0.2, -0.15) is 0 Å². The monoisotopic (exact) mass is 256 g/mol. The first kappa shape index (κ1) is 15.5. The lowest BCUT2D eigenvalue weighted by molar-refractivity contribution is -0.671. The van der Waals surface area contributed by atoms with E-state index in [9.17, 15) is 22.1 Å². The van der Waals surface area contributed by atoms with E-state index >= 15 is 0 Å². The Morgan fingerprint density at radius 2 is 1.94 bits per heavy atom.